The smallest absolute Gasteiger partial charge is 0.328 e. The topological polar surface area (TPSA) is 80.5 Å². The van der Waals surface area contributed by atoms with Crippen LogP contribution in [-0.2, 0) is 4.79 Å². The maximum Gasteiger partial charge on any atom is 0.328 e. The Kier molecular flexibility index (Phi) is 4.56. The Morgan fingerprint density at radius 2 is 1.80 bits per heavy atom. The number of aromatic nitrogens is 2. The summed E-state index contributed by atoms with van der Waals surface area (Å²) in [5, 5.41) is 12.6. The molecular weight excluding hydrogens is 322 g/mol. The van der Waals surface area contributed by atoms with Crippen molar-refractivity contribution in [1.29, 1.82) is 0 Å². The molecule has 130 valence electrons. The van der Waals surface area contributed by atoms with Crippen LogP contribution < -0.4 is 9.16 Å². The number of likely N-dealkylation sites (N-methyl/N-ethyl adjacent to an activating group) is 1. The summed E-state index contributed by atoms with van der Waals surface area (Å²) in [7, 11) is 0. The van der Waals surface area contributed by atoms with Gasteiger partial charge in [0.2, 0.25) is 0 Å². The van der Waals surface area contributed by atoms with Crippen molar-refractivity contribution >= 4 is 28.0 Å². The van der Waals surface area contributed by atoms with Crippen LogP contribution in [0.3, 0.4) is 0 Å². The van der Waals surface area contributed by atoms with E-state index in [9.17, 15) is 14.9 Å². The summed E-state index contributed by atoms with van der Waals surface area (Å²) >= 11 is 0. The molecule has 1 amide bonds. The first-order valence-electron chi connectivity index (χ1n) is 8.15. The molecule has 2 aromatic carbocycles. The van der Waals surface area contributed by atoms with Gasteiger partial charge >= 0.3 is 5.52 Å². The molecule has 0 saturated carbocycles. The van der Waals surface area contributed by atoms with E-state index >= 15 is 0 Å². The fraction of sp³-hybridized carbons (Fsp3) is 0.278. The number of hydrogen-bond donors (Lipinski definition) is 0. The first kappa shape index (κ1) is 16.8. The van der Waals surface area contributed by atoms with Crippen molar-refractivity contribution < 1.29 is 14.0 Å². The number of ether oxygens (including phenoxy) is 1. The first-order valence-corrected chi connectivity index (χ1v) is 8.15. The fourth-order valence-electron chi connectivity index (χ4n) is 2.86. The maximum atomic E-state index is 12.7. The number of carbonyl (C=O) groups excluding carboxylic acids is 1. The number of rotatable bonds is 5. The normalized spacial score (nSPS) is 11.0. The number of fused-ring (bicyclic) bond motifs is 2. The Bertz CT molecular complexity index is 993. The quantitative estimate of drug-likeness (QED) is 0.527. The Labute approximate surface area is 144 Å². The molecule has 0 spiro atoms. The van der Waals surface area contributed by atoms with E-state index in [4.69, 9.17) is 4.74 Å². The van der Waals surface area contributed by atoms with Crippen LogP contribution in [0.5, 0.6) is 5.75 Å². The van der Waals surface area contributed by atoms with Crippen LogP contribution in [0.1, 0.15) is 13.8 Å². The highest BCUT2D eigenvalue weighted by atomic mass is 16.5. The molecule has 1 aromatic heterocycles. The Morgan fingerprint density at radius 3 is 2.52 bits per heavy atom. The van der Waals surface area contributed by atoms with Crippen molar-refractivity contribution in [2.45, 2.75) is 13.8 Å². The Morgan fingerprint density at radius 1 is 1.12 bits per heavy atom. The molecule has 0 aliphatic rings. The maximum absolute atomic E-state index is 12.7. The zero-order chi connectivity index (χ0) is 18.0. The van der Waals surface area contributed by atoms with E-state index in [-0.39, 0.29) is 40.3 Å². The zero-order valence-electron chi connectivity index (χ0n) is 14.1. The van der Waals surface area contributed by atoms with Crippen LogP contribution in [0, 0.1) is 10.1 Å². The van der Waals surface area contributed by atoms with Gasteiger partial charge in [-0.25, -0.2) is 0 Å². The van der Waals surface area contributed by atoms with Crippen LogP contribution >= 0.6 is 0 Å². The van der Waals surface area contributed by atoms with Gasteiger partial charge < -0.3 is 19.6 Å². The van der Waals surface area contributed by atoms with Crippen molar-refractivity contribution in [3.63, 3.8) is 0 Å². The van der Waals surface area contributed by atoms with E-state index in [0.717, 1.165) is 0 Å². The summed E-state index contributed by atoms with van der Waals surface area (Å²) in [6.45, 7) is 4.75. The molecule has 0 atom stereocenters. The van der Waals surface area contributed by atoms with Gasteiger partial charge in [0.1, 0.15) is 11.0 Å². The molecule has 0 aliphatic carbocycles. The summed E-state index contributed by atoms with van der Waals surface area (Å²) in [6, 6.07) is 11.3. The van der Waals surface area contributed by atoms with E-state index in [1.807, 2.05) is 13.8 Å². The second-order valence-corrected chi connectivity index (χ2v) is 5.56. The SMILES string of the molecule is CCN(CC)C(=O)COc1cccc2c1[n+](=O)c1ccccc1n2[O-]. The molecule has 7 nitrogen and oxygen atoms in total. The molecule has 0 bridgehead atoms. The predicted molar refractivity (Wildman–Crippen MR) is 95.0 cm³/mol. The predicted octanol–water partition coefficient (Wildman–Crippen LogP) is 2.30. The first-order chi connectivity index (χ1) is 12.1. The van der Waals surface area contributed by atoms with Gasteiger partial charge in [-0.2, -0.15) is 0 Å². The minimum absolute atomic E-state index is 0.114. The average Bonchev–Trinajstić information content (AvgIpc) is 2.65. The number of amides is 1. The second-order valence-electron chi connectivity index (χ2n) is 5.56. The molecule has 7 heteroatoms. The van der Waals surface area contributed by atoms with Crippen molar-refractivity contribution in [3.8, 4) is 5.75 Å². The number of carbonyl (C=O) groups is 1. The van der Waals surface area contributed by atoms with Gasteiger partial charge in [-0.05, 0) is 32.0 Å². The molecule has 1 heterocycles. The van der Waals surface area contributed by atoms with Crippen LogP contribution in [0.2, 0.25) is 0 Å². The van der Waals surface area contributed by atoms with Gasteiger partial charge in [0.25, 0.3) is 11.4 Å². The highest BCUT2D eigenvalue weighted by Gasteiger charge is 2.21. The molecule has 3 rings (SSSR count). The van der Waals surface area contributed by atoms with Crippen molar-refractivity contribution in [2.24, 2.45) is 0 Å². The molecule has 25 heavy (non-hydrogen) atoms. The number of para-hydroxylation sites is 3. The average molecular weight is 341 g/mol. The largest absolute Gasteiger partial charge is 0.805 e. The Hall–Kier alpha value is -3.09. The molecule has 0 fully saturated rings. The molecule has 0 saturated heterocycles. The second kappa shape index (κ2) is 6.80. The van der Waals surface area contributed by atoms with Crippen molar-refractivity contribution in [3.05, 3.63) is 52.6 Å². The van der Waals surface area contributed by atoms with Gasteiger partial charge in [-0.1, -0.05) is 18.2 Å². The highest BCUT2D eigenvalue weighted by molar-refractivity contribution is 5.87. The monoisotopic (exact) mass is 341 g/mol. The summed E-state index contributed by atoms with van der Waals surface area (Å²) in [6.07, 6.45) is 0. The van der Waals surface area contributed by atoms with Gasteiger partial charge in [-0.3, -0.25) is 4.79 Å². The zero-order valence-corrected chi connectivity index (χ0v) is 14.1. The number of hydrogen-bond acceptors (Lipinski definition) is 4. The minimum Gasteiger partial charge on any atom is -0.805 e. The minimum atomic E-state index is -0.188. The summed E-state index contributed by atoms with van der Waals surface area (Å²) in [4.78, 5) is 26.5. The number of nitrogens with zero attached hydrogens (tertiary/aromatic N) is 3. The number of benzene rings is 2. The molecule has 0 unspecified atom stereocenters. The van der Waals surface area contributed by atoms with E-state index in [2.05, 4.69) is 0 Å². The molecule has 0 radical (unpaired) electrons. The van der Waals surface area contributed by atoms with Gasteiger partial charge in [0.05, 0.1) is 4.43 Å². The van der Waals surface area contributed by atoms with Crippen LogP contribution in [0.15, 0.2) is 42.5 Å². The molecular formula is C18H19N3O4. The van der Waals surface area contributed by atoms with E-state index in [1.54, 1.807) is 47.4 Å². The molecule has 0 N–H and O–H groups in total. The van der Waals surface area contributed by atoms with E-state index in [0.29, 0.717) is 22.2 Å². The van der Waals surface area contributed by atoms with E-state index in [1.165, 1.54) is 0 Å². The summed E-state index contributed by atoms with van der Waals surface area (Å²) in [5.74, 6) is 0.0404. The lowest BCUT2D eigenvalue weighted by Gasteiger charge is -2.19. The van der Waals surface area contributed by atoms with Crippen LogP contribution in [0.25, 0.3) is 22.1 Å². The Balaban J connectivity index is 2.08. The van der Waals surface area contributed by atoms with Crippen LogP contribution in [-0.4, -0.2) is 35.2 Å². The third kappa shape index (κ3) is 2.88. The van der Waals surface area contributed by atoms with Crippen molar-refractivity contribution in [1.82, 2.24) is 9.63 Å². The van der Waals surface area contributed by atoms with Gasteiger partial charge in [-0.15, -0.1) is 0 Å². The van der Waals surface area contributed by atoms with Gasteiger partial charge in [0.15, 0.2) is 12.4 Å². The van der Waals surface area contributed by atoms with Crippen LogP contribution in [0.4, 0.5) is 0 Å². The summed E-state index contributed by atoms with van der Waals surface area (Å²) < 4.78 is 6.97. The lowest BCUT2D eigenvalue weighted by atomic mass is 10.2. The van der Waals surface area contributed by atoms with E-state index < -0.39 is 0 Å². The van der Waals surface area contributed by atoms with Gasteiger partial charge in [0, 0.05) is 24.1 Å². The highest BCUT2D eigenvalue weighted by Crippen LogP contribution is 2.24. The van der Waals surface area contributed by atoms with Crippen molar-refractivity contribution in [2.75, 3.05) is 19.7 Å². The molecule has 3 aromatic rings. The summed E-state index contributed by atoms with van der Waals surface area (Å²) in [5.41, 5.74) is 0.836. The molecule has 0 aliphatic heterocycles. The lowest BCUT2D eigenvalue weighted by Crippen LogP contribution is -2.34. The third-order valence-electron chi connectivity index (χ3n) is 4.19. The fourth-order valence-corrected chi connectivity index (χ4v) is 2.86. The lowest BCUT2D eigenvalue weighted by molar-refractivity contribution is -0.433. The standard InChI is InChI=1S/C18H19N3O4/c1-3-19(4-2)17(22)12-25-16-11-7-10-15-18(16)21(24)14-9-6-5-8-13(14)20(15)23/h5-11H,3-4,12H2,1-2H3. The third-order valence-corrected chi connectivity index (χ3v) is 4.19.